The molecule has 0 unspecified atom stereocenters. The highest BCUT2D eigenvalue weighted by atomic mass is 35.5. The Hall–Kier alpha value is -2.74. The highest BCUT2D eigenvalue weighted by Crippen LogP contribution is 2.16. The lowest BCUT2D eigenvalue weighted by atomic mass is 10.3. The van der Waals surface area contributed by atoms with Crippen LogP contribution in [0.25, 0.3) is 0 Å². The molecule has 0 spiro atoms. The number of anilines is 1. The van der Waals surface area contributed by atoms with Gasteiger partial charge >= 0.3 is 12.1 Å². The SMILES string of the molecule is CN(C)C(=O)N1CCn2nc(CNC(=O)Nc3cccc(Cl)c3)cc2C1. The van der Waals surface area contributed by atoms with Gasteiger partial charge in [0.05, 0.1) is 31.0 Å². The van der Waals surface area contributed by atoms with E-state index in [1.807, 2.05) is 10.7 Å². The van der Waals surface area contributed by atoms with E-state index in [1.165, 1.54) is 0 Å². The fraction of sp³-hybridized carbons (Fsp3) is 0.353. The van der Waals surface area contributed by atoms with Gasteiger partial charge in [-0.3, -0.25) is 4.68 Å². The minimum atomic E-state index is -0.331. The highest BCUT2D eigenvalue weighted by molar-refractivity contribution is 6.30. The van der Waals surface area contributed by atoms with Gasteiger partial charge in [0.15, 0.2) is 0 Å². The molecule has 1 aliphatic rings. The average Bonchev–Trinajstić information content (AvgIpc) is 3.01. The van der Waals surface area contributed by atoms with Crippen molar-refractivity contribution in [2.45, 2.75) is 19.6 Å². The smallest absolute Gasteiger partial charge is 0.319 e. The number of hydrogen-bond donors (Lipinski definition) is 2. The molecule has 2 heterocycles. The number of rotatable bonds is 3. The van der Waals surface area contributed by atoms with Crippen LogP contribution in [-0.2, 0) is 19.6 Å². The molecule has 4 amide bonds. The number of fused-ring (bicyclic) bond motifs is 1. The molecule has 0 radical (unpaired) electrons. The highest BCUT2D eigenvalue weighted by Gasteiger charge is 2.23. The van der Waals surface area contributed by atoms with Crippen LogP contribution in [0.3, 0.4) is 0 Å². The molecule has 2 aromatic rings. The molecule has 1 aliphatic heterocycles. The molecule has 2 N–H and O–H groups in total. The third kappa shape index (κ3) is 4.26. The first-order valence-electron chi connectivity index (χ1n) is 8.24. The van der Waals surface area contributed by atoms with Crippen LogP contribution in [0.1, 0.15) is 11.4 Å². The zero-order chi connectivity index (χ0) is 18.7. The number of amides is 4. The lowest BCUT2D eigenvalue weighted by Gasteiger charge is -2.29. The average molecular weight is 377 g/mol. The van der Waals surface area contributed by atoms with Gasteiger partial charge in [0, 0.05) is 31.4 Å². The fourth-order valence-corrected chi connectivity index (χ4v) is 2.96. The van der Waals surface area contributed by atoms with Crippen LogP contribution >= 0.6 is 11.6 Å². The molecule has 138 valence electrons. The van der Waals surface area contributed by atoms with Crippen LogP contribution in [0.2, 0.25) is 5.02 Å². The number of urea groups is 2. The summed E-state index contributed by atoms with van der Waals surface area (Å²) >= 11 is 5.90. The summed E-state index contributed by atoms with van der Waals surface area (Å²) in [5, 5.41) is 10.5. The Kier molecular flexibility index (Phi) is 5.32. The van der Waals surface area contributed by atoms with E-state index in [1.54, 1.807) is 48.2 Å². The van der Waals surface area contributed by atoms with Crippen molar-refractivity contribution in [3.05, 3.63) is 46.7 Å². The van der Waals surface area contributed by atoms with Crippen LogP contribution in [-0.4, -0.2) is 52.3 Å². The number of nitrogens with one attached hydrogen (secondary N) is 2. The van der Waals surface area contributed by atoms with Gasteiger partial charge in [-0.2, -0.15) is 5.10 Å². The van der Waals surface area contributed by atoms with Gasteiger partial charge in [-0.1, -0.05) is 17.7 Å². The summed E-state index contributed by atoms with van der Waals surface area (Å²) in [6.45, 7) is 2.07. The predicted molar refractivity (Wildman–Crippen MR) is 99.0 cm³/mol. The molecule has 26 heavy (non-hydrogen) atoms. The molecule has 0 fully saturated rings. The quantitative estimate of drug-likeness (QED) is 0.862. The van der Waals surface area contributed by atoms with Crippen LogP contribution < -0.4 is 10.6 Å². The van der Waals surface area contributed by atoms with Crippen LogP contribution in [0.15, 0.2) is 30.3 Å². The summed E-state index contributed by atoms with van der Waals surface area (Å²) in [7, 11) is 3.48. The Morgan fingerprint density at radius 3 is 2.81 bits per heavy atom. The van der Waals surface area contributed by atoms with E-state index in [9.17, 15) is 9.59 Å². The molecule has 8 nitrogen and oxygen atoms in total. The summed E-state index contributed by atoms with van der Waals surface area (Å²) < 4.78 is 1.88. The normalized spacial score (nSPS) is 13.1. The molecule has 3 rings (SSSR count). The molecular formula is C17H21ClN6O2. The number of aromatic nitrogens is 2. The predicted octanol–water partition coefficient (Wildman–Crippen LogP) is 2.36. The van der Waals surface area contributed by atoms with Crippen molar-refractivity contribution in [2.75, 3.05) is 26.0 Å². The van der Waals surface area contributed by atoms with Gasteiger partial charge < -0.3 is 20.4 Å². The number of carbonyl (C=O) groups is 2. The summed E-state index contributed by atoms with van der Waals surface area (Å²) in [5.74, 6) is 0. The maximum Gasteiger partial charge on any atom is 0.319 e. The third-order valence-corrected chi connectivity index (χ3v) is 4.25. The van der Waals surface area contributed by atoms with Gasteiger partial charge in [0.2, 0.25) is 0 Å². The first-order chi connectivity index (χ1) is 12.4. The molecule has 9 heteroatoms. The Balaban J connectivity index is 1.55. The fourth-order valence-electron chi connectivity index (χ4n) is 2.77. The molecule has 0 saturated heterocycles. The summed E-state index contributed by atoms with van der Waals surface area (Å²) in [4.78, 5) is 27.4. The Morgan fingerprint density at radius 2 is 2.08 bits per heavy atom. The molecule has 1 aromatic heterocycles. The second-order valence-corrected chi connectivity index (χ2v) is 6.70. The zero-order valence-electron chi connectivity index (χ0n) is 14.7. The molecular weight excluding hydrogens is 356 g/mol. The molecule has 0 bridgehead atoms. The molecule has 0 atom stereocenters. The number of carbonyl (C=O) groups excluding carboxylic acids is 2. The second kappa shape index (κ2) is 7.65. The Bertz CT molecular complexity index is 819. The van der Waals surface area contributed by atoms with Crippen molar-refractivity contribution in [1.82, 2.24) is 24.9 Å². The minimum absolute atomic E-state index is 0.0157. The number of halogens is 1. The van der Waals surface area contributed by atoms with Crippen molar-refractivity contribution in [2.24, 2.45) is 0 Å². The van der Waals surface area contributed by atoms with Gasteiger partial charge in [-0.05, 0) is 24.3 Å². The van der Waals surface area contributed by atoms with Gasteiger partial charge in [0.25, 0.3) is 0 Å². The van der Waals surface area contributed by atoms with E-state index in [4.69, 9.17) is 11.6 Å². The van der Waals surface area contributed by atoms with Crippen LogP contribution in [0.4, 0.5) is 15.3 Å². The van der Waals surface area contributed by atoms with Crippen LogP contribution in [0.5, 0.6) is 0 Å². The van der Waals surface area contributed by atoms with Gasteiger partial charge in [0.1, 0.15) is 0 Å². The third-order valence-electron chi connectivity index (χ3n) is 4.01. The first kappa shape index (κ1) is 18.1. The van der Waals surface area contributed by atoms with E-state index < -0.39 is 0 Å². The topological polar surface area (TPSA) is 82.5 Å². The Labute approximate surface area is 156 Å². The minimum Gasteiger partial charge on any atom is -0.332 e. The molecule has 1 aromatic carbocycles. The van der Waals surface area contributed by atoms with E-state index in [-0.39, 0.29) is 12.1 Å². The second-order valence-electron chi connectivity index (χ2n) is 6.27. The van der Waals surface area contributed by atoms with Gasteiger partial charge in [-0.25, -0.2) is 9.59 Å². The summed E-state index contributed by atoms with van der Waals surface area (Å²) in [6, 6.07) is 8.51. The van der Waals surface area contributed by atoms with Crippen molar-refractivity contribution >= 4 is 29.4 Å². The van der Waals surface area contributed by atoms with E-state index in [2.05, 4.69) is 15.7 Å². The van der Waals surface area contributed by atoms with Crippen molar-refractivity contribution in [3.8, 4) is 0 Å². The Morgan fingerprint density at radius 1 is 1.27 bits per heavy atom. The zero-order valence-corrected chi connectivity index (χ0v) is 15.5. The van der Waals surface area contributed by atoms with E-state index in [0.29, 0.717) is 36.9 Å². The van der Waals surface area contributed by atoms with E-state index >= 15 is 0 Å². The van der Waals surface area contributed by atoms with Crippen molar-refractivity contribution < 1.29 is 9.59 Å². The summed E-state index contributed by atoms with van der Waals surface area (Å²) in [5.41, 5.74) is 2.33. The summed E-state index contributed by atoms with van der Waals surface area (Å²) in [6.07, 6.45) is 0. The maximum absolute atomic E-state index is 12.1. The van der Waals surface area contributed by atoms with Crippen LogP contribution in [0, 0.1) is 0 Å². The standard InChI is InChI=1S/C17H21ClN6O2/c1-22(2)17(26)23-6-7-24-15(11-23)9-14(21-24)10-19-16(25)20-13-5-3-4-12(18)8-13/h3-5,8-9H,6-7,10-11H2,1-2H3,(H2,19,20,25). The number of benzene rings is 1. The lowest BCUT2D eigenvalue weighted by molar-refractivity contribution is 0.155. The molecule has 0 aliphatic carbocycles. The number of nitrogens with zero attached hydrogens (tertiary/aromatic N) is 4. The maximum atomic E-state index is 12.1. The monoisotopic (exact) mass is 376 g/mol. The first-order valence-corrected chi connectivity index (χ1v) is 8.62. The van der Waals surface area contributed by atoms with Gasteiger partial charge in [-0.15, -0.1) is 0 Å². The van der Waals surface area contributed by atoms with E-state index in [0.717, 1.165) is 11.4 Å². The van der Waals surface area contributed by atoms with Crippen molar-refractivity contribution in [3.63, 3.8) is 0 Å². The number of hydrogen-bond acceptors (Lipinski definition) is 3. The lowest BCUT2D eigenvalue weighted by Crippen LogP contribution is -2.43. The van der Waals surface area contributed by atoms with Crippen molar-refractivity contribution in [1.29, 1.82) is 0 Å². The largest absolute Gasteiger partial charge is 0.332 e. The molecule has 0 saturated carbocycles.